The van der Waals surface area contributed by atoms with Crippen molar-refractivity contribution in [1.29, 1.82) is 0 Å². The summed E-state index contributed by atoms with van der Waals surface area (Å²) < 4.78 is 15.7. The number of rotatable bonds is 7. The molecule has 0 aliphatic rings. The monoisotopic (exact) mass is 390 g/mol. The first-order valence-electron chi connectivity index (χ1n) is 9.61. The molecule has 4 aromatic rings. The molecule has 0 aliphatic heterocycles. The van der Waals surface area contributed by atoms with Crippen LogP contribution in [0.5, 0.6) is 0 Å². The topological polar surface area (TPSA) is 58.3 Å². The van der Waals surface area contributed by atoms with E-state index in [4.69, 9.17) is 0 Å². The largest absolute Gasteiger partial charge is 0.365 e. The number of hydrogen-bond donors (Lipinski definition) is 1. The third-order valence-corrected chi connectivity index (χ3v) is 4.83. The van der Waals surface area contributed by atoms with Crippen LogP contribution >= 0.6 is 0 Å². The SMILES string of the molecule is CCN(C)Cc1cccc(CNc2ccc3nnc(-c4ccccc4F)n3n2)c1. The quantitative estimate of drug-likeness (QED) is 0.517. The van der Waals surface area contributed by atoms with Gasteiger partial charge in [-0.3, -0.25) is 0 Å². The fraction of sp³-hybridized carbons (Fsp3) is 0.227. The van der Waals surface area contributed by atoms with Crippen molar-refractivity contribution in [3.63, 3.8) is 0 Å². The van der Waals surface area contributed by atoms with E-state index >= 15 is 0 Å². The Kier molecular flexibility index (Phi) is 5.48. The third kappa shape index (κ3) is 4.25. The van der Waals surface area contributed by atoms with Gasteiger partial charge in [-0.15, -0.1) is 15.3 Å². The van der Waals surface area contributed by atoms with E-state index in [2.05, 4.69) is 63.7 Å². The molecule has 0 bridgehead atoms. The van der Waals surface area contributed by atoms with Crippen LogP contribution in [0.2, 0.25) is 0 Å². The van der Waals surface area contributed by atoms with Gasteiger partial charge in [-0.25, -0.2) is 4.39 Å². The number of halogens is 1. The molecule has 0 amide bonds. The molecule has 2 heterocycles. The molecule has 6 nitrogen and oxygen atoms in total. The molecule has 0 fully saturated rings. The average molecular weight is 390 g/mol. The predicted molar refractivity (Wildman–Crippen MR) is 112 cm³/mol. The Balaban J connectivity index is 1.54. The van der Waals surface area contributed by atoms with Gasteiger partial charge in [0.1, 0.15) is 11.6 Å². The highest BCUT2D eigenvalue weighted by atomic mass is 19.1. The van der Waals surface area contributed by atoms with Crippen LogP contribution in [0.1, 0.15) is 18.1 Å². The molecule has 4 rings (SSSR count). The third-order valence-electron chi connectivity index (χ3n) is 4.83. The first-order chi connectivity index (χ1) is 14.1. The van der Waals surface area contributed by atoms with Crippen molar-refractivity contribution in [2.24, 2.45) is 0 Å². The molecule has 29 heavy (non-hydrogen) atoms. The second-order valence-corrected chi connectivity index (χ2v) is 7.00. The molecule has 0 unspecified atom stereocenters. The van der Waals surface area contributed by atoms with Crippen molar-refractivity contribution in [3.8, 4) is 11.4 Å². The molecule has 1 N–H and O–H groups in total. The van der Waals surface area contributed by atoms with Crippen molar-refractivity contribution in [2.75, 3.05) is 18.9 Å². The van der Waals surface area contributed by atoms with Crippen LogP contribution in [0.4, 0.5) is 10.2 Å². The number of fused-ring (bicyclic) bond motifs is 1. The molecule has 148 valence electrons. The zero-order valence-corrected chi connectivity index (χ0v) is 16.5. The van der Waals surface area contributed by atoms with E-state index in [1.165, 1.54) is 17.2 Å². The molecular formula is C22H23FN6. The number of anilines is 1. The predicted octanol–water partition coefficient (Wildman–Crippen LogP) is 3.99. The standard InChI is InChI=1S/C22H23FN6/c1-3-28(2)15-17-8-6-7-16(13-17)14-24-20-11-12-21-25-26-22(29(21)27-20)18-9-4-5-10-19(18)23/h4-13H,3,14-15H2,1-2H3,(H,24,27). The van der Waals surface area contributed by atoms with E-state index in [1.807, 2.05) is 12.1 Å². The fourth-order valence-electron chi connectivity index (χ4n) is 3.15. The molecule has 0 saturated heterocycles. The van der Waals surface area contributed by atoms with Gasteiger partial charge in [-0.05, 0) is 49.0 Å². The van der Waals surface area contributed by atoms with Crippen LogP contribution in [0, 0.1) is 5.82 Å². The van der Waals surface area contributed by atoms with Crippen molar-refractivity contribution < 1.29 is 4.39 Å². The first kappa shape index (κ1) is 19.0. The summed E-state index contributed by atoms with van der Waals surface area (Å²) in [5, 5.41) is 16.1. The Bertz CT molecular complexity index is 1120. The summed E-state index contributed by atoms with van der Waals surface area (Å²) >= 11 is 0. The minimum Gasteiger partial charge on any atom is -0.365 e. The Labute approximate surface area is 169 Å². The van der Waals surface area contributed by atoms with Crippen LogP contribution in [0.15, 0.2) is 60.7 Å². The Hall–Kier alpha value is -3.32. The van der Waals surface area contributed by atoms with Gasteiger partial charge in [0.15, 0.2) is 11.5 Å². The van der Waals surface area contributed by atoms with Gasteiger partial charge in [0, 0.05) is 13.1 Å². The maximum Gasteiger partial charge on any atom is 0.188 e. The molecule has 0 saturated carbocycles. The Morgan fingerprint density at radius 1 is 1.00 bits per heavy atom. The lowest BCUT2D eigenvalue weighted by Crippen LogP contribution is -2.16. The molecule has 0 aliphatic carbocycles. The lowest BCUT2D eigenvalue weighted by molar-refractivity contribution is 0.345. The Morgan fingerprint density at radius 3 is 2.66 bits per heavy atom. The maximum absolute atomic E-state index is 14.2. The van der Waals surface area contributed by atoms with Gasteiger partial charge in [-0.1, -0.05) is 43.3 Å². The van der Waals surface area contributed by atoms with Crippen LogP contribution in [-0.2, 0) is 13.1 Å². The Morgan fingerprint density at radius 2 is 1.83 bits per heavy atom. The normalized spacial score (nSPS) is 11.3. The lowest BCUT2D eigenvalue weighted by atomic mass is 10.1. The van der Waals surface area contributed by atoms with Crippen molar-refractivity contribution in [2.45, 2.75) is 20.0 Å². The van der Waals surface area contributed by atoms with Gasteiger partial charge in [0.25, 0.3) is 0 Å². The highest BCUT2D eigenvalue weighted by molar-refractivity contribution is 5.60. The van der Waals surface area contributed by atoms with Gasteiger partial charge < -0.3 is 10.2 Å². The summed E-state index contributed by atoms with van der Waals surface area (Å²) in [6.07, 6.45) is 0. The van der Waals surface area contributed by atoms with E-state index in [9.17, 15) is 4.39 Å². The van der Waals surface area contributed by atoms with Crippen LogP contribution < -0.4 is 5.32 Å². The summed E-state index contributed by atoms with van der Waals surface area (Å²) in [5.74, 6) is 0.702. The van der Waals surface area contributed by atoms with Crippen molar-refractivity contribution in [1.82, 2.24) is 24.7 Å². The van der Waals surface area contributed by atoms with Crippen molar-refractivity contribution >= 4 is 11.5 Å². The maximum atomic E-state index is 14.2. The number of nitrogens with zero attached hydrogens (tertiary/aromatic N) is 5. The molecule has 7 heteroatoms. The molecule has 2 aromatic carbocycles. The second-order valence-electron chi connectivity index (χ2n) is 7.00. The minimum atomic E-state index is -0.351. The van der Waals surface area contributed by atoms with Crippen LogP contribution in [0.3, 0.4) is 0 Å². The molecule has 0 atom stereocenters. The molecule has 2 aromatic heterocycles. The molecule has 0 spiro atoms. The zero-order chi connectivity index (χ0) is 20.2. The van der Waals surface area contributed by atoms with Gasteiger partial charge in [-0.2, -0.15) is 4.52 Å². The van der Waals surface area contributed by atoms with E-state index in [1.54, 1.807) is 22.7 Å². The summed E-state index contributed by atoms with van der Waals surface area (Å²) in [4.78, 5) is 2.26. The summed E-state index contributed by atoms with van der Waals surface area (Å²) in [6, 6.07) is 18.7. The number of nitrogens with one attached hydrogen (secondary N) is 1. The summed E-state index contributed by atoms with van der Waals surface area (Å²) in [7, 11) is 2.11. The van der Waals surface area contributed by atoms with Crippen LogP contribution in [0.25, 0.3) is 17.0 Å². The zero-order valence-electron chi connectivity index (χ0n) is 16.5. The summed E-state index contributed by atoms with van der Waals surface area (Å²) in [5.41, 5.74) is 3.39. The highest BCUT2D eigenvalue weighted by Gasteiger charge is 2.13. The van der Waals surface area contributed by atoms with E-state index in [0.717, 1.165) is 13.1 Å². The molecule has 0 radical (unpaired) electrons. The van der Waals surface area contributed by atoms with Gasteiger partial charge in [0.05, 0.1) is 5.56 Å². The van der Waals surface area contributed by atoms with E-state index < -0.39 is 0 Å². The van der Waals surface area contributed by atoms with Gasteiger partial charge in [0.2, 0.25) is 0 Å². The van der Waals surface area contributed by atoms with E-state index in [-0.39, 0.29) is 5.82 Å². The van der Waals surface area contributed by atoms with Crippen LogP contribution in [-0.4, -0.2) is 38.3 Å². The summed E-state index contributed by atoms with van der Waals surface area (Å²) in [6.45, 7) is 4.71. The highest BCUT2D eigenvalue weighted by Crippen LogP contribution is 2.21. The van der Waals surface area contributed by atoms with Crippen molar-refractivity contribution in [3.05, 3.63) is 77.6 Å². The fourth-order valence-corrected chi connectivity index (χ4v) is 3.15. The number of aromatic nitrogens is 4. The lowest BCUT2D eigenvalue weighted by Gasteiger charge is -2.14. The van der Waals surface area contributed by atoms with E-state index in [0.29, 0.717) is 29.4 Å². The first-order valence-corrected chi connectivity index (χ1v) is 9.61. The number of hydrogen-bond acceptors (Lipinski definition) is 5. The second kappa shape index (κ2) is 8.36. The smallest absolute Gasteiger partial charge is 0.188 e. The average Bonchev–Trinajstić information content (AvgIpc) is 3.16. The van der Waals surface area contributed by atoms with Gasteiger partial charge >= 0.3 is 0 Å². The number of benzene rings is 2. The minimum absolute atomic E-state index is 0.351. The molecular weight excluding hydrogens is 367 g/mol.